The molecule has 12 nitrogen and oxygen atoms in total. The Morgan fingerprint density at radius 2 is 1.78 bits per heavy atom. The third kappa shape index (κ3) is 4.48. The summed E-state index contributed by atoms with van der Waals surface area (Å²) < 4.78 is 3.74. The van der Waals surface area contributed by atoms with E-state index >= 15 is 0 Å². The molecule has 146 valence electrons. The van der Waals surface area contributed by atoms with Gasteiger partial charge in [-0.3, -0.25) is 19.6 Å². The molecule has 0 aliphatic heterocycles. The molecule has 27 heavy (non-hydrogen) atoms. The van der Waals surface area contributed by atoms with Crippen molar-refractivity contribution in [2.24, 2.45) is 0 Å². The van der Waals surface area contributed by atoms with Crippen LogP contribution in [-0.4, -0.2) is 41.9 Å². The summed E-state index contributed by atoms with van der Waals surface area (Å²) >= 11 is 3.45. The molecule has 0 atom stereocenters. The topological polar surface area (TPSA) is 151 Å². The van der Waals surface area contributed by atoms with E-state index in [4.69, 9.17) is 0 Å². The maximum Gasteiger partial charge on any atom is 0.468 e. The maximum absolute atomic E-state index is 12.0. The number of hydrogen-bond acceptors (Lipinski definition) is 7. The number of nitrogens with zero attached hydrogens (tertiary/aromatic N) is 6. The Kier molecular flexibility index (Phi) is 6.25. The van der Waals surface area contributed by atoms with Gasteiger partial charge in [0.25, 0.3) is 0 Å². The molecule has 0 aliphatic carbocycles. The van der Waals surface area contributed by atoms with Crippen LogP contribution in [-0.2, 0) is 17.9 Å². The fourth-order valence-electron chi connectivity index (χ4n) is 2.55. The summed E-state index contributed by atoms with van der Waals surface area (Å²) in [5.41, 5.74) is 1.12. The summed E-state index contributed by atoms with van der Waals surface area (Å²) in [6.07, 6.45) is 0.624. The lowest BCUT2D eigenvalue weighted by Crippen LogP contribution is -2.29. The van der Waals surface area contributed by atoms with Crippen LogP contribution in [0.25, 0.3) is 0 Å². The van der Waals surface area contributed by atoms with E-state index in [1.165, 1.54) is 6.92 Å². The van der Waals surface area contributed by atoms with E-state index in [1.54, 1.807) is 0 Å². The highest BCUT2D eigenvalue weighted by Gasteiger charge is 2.35. The minimum Gasteiger partial charge on any atom is -0.358 e. The van der Waals surface area contributed by atoms with Crippen LogP contribution in [0.5, 0.6) is 0 Å². The highest BCUT2D eigenvalue weighted by atomic mass is 79.9. The summed E-state index contributed by atoms with van der Waals surface area (Å²) in [5.74, 6) is -1.32. The lowest BCUT2D eigenvalue weighted by molar-refractivity contribution is -0.424. The molecule has 0 saturated heterocycles. The fourth-order valence-corrected chi connectivity index (χ4v) is 2.84. The van der Waals surface area contributed by atoms with Gasteiger partial charge in [0.1, 0.15) is 12.2 Å². The van der Waals surface area contributed by atoms with Crippen molar-refractivity contribution in [3.8, 4) is 0 Å². The van der Waals surface area contributed by atoms with Crippen LogP contribution >= 0.6 is 15.9 Å². The number of aryl methyl sites for hydroxylation is 2. The highest BCUT2D eigenvalue weighted by molar-refractivity contribution is 9.10. The standard InChI is InChI=1S/C14H18BrN7O5/c1-8-12(15)9(2)19(17-8)6-4-5-16-11(23)7-20-10(3)13(21(24)25)14(18-20)22(26)27/h4-7H2,1-3H3,(H,16,23). The Labute approximate surface area is 162 Å². The van der Waals surface area contributed by atoms with E-state index in [9.17, 15) is 25.0 Å². The van der Waals surface area contributed by atoms with Crippen LogP contribution in [0.2, 0.25) is 0 Å². The number of nitro groups is 2. The van der Waals surface area contributed by atoms with E-state index in [0.29, 0.717) is 19.5 Å². The van der Waals surface area contributed by atoms with Gasteiger partial charge in [-0.25, -0.2) is 0 Å². The molecule has 2 rings (SSSR count). The van der Waals surface area contributed by atoms with Crippen LogP contribution in [0.15, 0.2) is 4.47 Å². The summed E-state index contributed by atoms with van der Waals surface area (Å²) in [7, 11) is 0. The first-order valence-corrected chi connectivity index (χ1v) is 8.75. The largest absolute Gasteiger partial charge is 0.468 e. The van der Waals surface area contributed by atoms with Crippen molar-refractivity contribution in [2.45, 2.75) is 40.3 Å². The Morgan fingerprint density at radius 3 is 2.26 bits per heavy atom. The zero-order valence-corrected chi connectivity index (χ0v) is 16.5. The molecule has 2 heterocycles. The second-order valence-electron chi connectivity index (χ2n) is 5.84. The van der Waals surface area contributed by atoms with Gasteiger partial charge in [-0.05, 0) is 48.0 Å². The Hall–Kier alpha value is -2.83. The molecule has 0 fully saturated rings. The molecule has 0 radical (unpaired) electrons. The lowest BCUT2D eigenvalue weighted by Gasteiger charge is -2.06. The zero-order valence-electron chi connectivity index (χ0n) is 14.9. The van der Waals surface area contributed by atoms with Crippen LogP contribution in [0.3, 0.4) is 0 Å². The molecule has 2 aromatic rings. The van der Waals surface area contributed by atoms with Crippen molar-refractivity contribution in [3.63, 3.8) is 0 Å². The molecule has 0 aromatic carbocycles. The van der Waals surface area contributed by atoms with E-state index in [0.717, 1.165) is 20.5 Å². The Balaban J connectivity index is 1.92. The van der Waals surface area contributed by atoms with Gasteiger partial charge in [-0.2, -0.15) is 9.78 Å². The number of nitrogens with one attached hydrogen (secondary N) is 1. The Morgan fingerprint density at radius 1 is 1.11 bits per heavy atom. The SMILES string of the molecule is Cc1nn(CCCNC(=O)Cn2nc([N+](=O)[O-])c([N+](=O)[O-])c2C)c(C)c1Br. The third-order valence-electron chi connectivity index (χ3n) is 3.97. The highest BCUT2D eigenvalue weighted by Crippen LogP contribution is 2.28. The van der Waals surface area contributed by atoms with Crippen LogP contribution in [0, 0.1) is 41.0 Å². The van der Waals surface area contributed by atoms with Crippen LogP contribution < -0.4 is 5.32 Å². The second kappa shape index (κ2) is 8.24. The molecule has 0 saturated carbocycles. The van der Waals surface area contributed by atoms with Gasteiger partial charge in [-0.1, -0.05) is 0 Å². The van der Waals surface area contributed by atoms with Gasteiger partial charge in [0, 0.05) is 18.8 Å². The van der Waals surface area contributed by atoms with Crippen molar-refractivity contribution in [2.75, 3.05) is 6.54 Å². The number of halogens is 1. The quantitative estimate of drug-likeness (QED) is 0.370. The summed E-state index contributed by atoms with van der Waals surface area (Å²) in [6.45, 7) is 5.76. The van der Waals surface area contributed by atoms with Gasteiger partial charge in [0.05, 0.1) is 20.2 Å². The number of carbonyl (C=O) groups is 1. The normalized spacial score (nSPS) is 10.8. The molecule has 0 spiro atoms. The predicted octanol–water partition coefficient (Wildman–Crippen LogP) is 1.79. The van der Waals surface area contributed by atoms with Gasteiger partial charge >= 0.3 is 11.5 Å². The molecule has 0 aliphatic rings. The van der Waals surface area contributed by atoms with E-state index < -0.39 is 27.3 Å². The number of hydrogen-bond donors (Lipinski definition) is 1. The second-order valence-corrected chi connectivity index (χ2v) is 6.63. The molecular formula is C14H18BrN7O5. The van der Waals surface area contributed by atoms with Crippen molar-refractivity contribution in [1.82, 2.24) is 24.9 Å². The maximum atomic E-state index is 12.0. The van der Waals surface area contributed by atoms with Gasteiger partial charge < -0.3 is 15.4 Å². The van der Waals surface area contributed by atoms with E-state index in [2.05, 4.69) is 31.4 Å². The average Bonchev–Trinajstić information content (AvgIpc) is 3.04. The minimum atomic E-state index is -0.938. The molecule has 0 bridgehead atoms. The van der Waals surface area contributed by atoms with E-state index in [1.807, 2.05) is 18.5 Å². The van der Waals surface area contributed by atoms with Crippen molar-refractivity contribution in [3.05, 3.63) is 41.8 Å². The van der Waals surface area contributed by atoms with Crippen molar-refractivity contribution < 1.29 is 14.6 Å². The van der Waals surface area contributed by atoms with Crippen LogP contribution in [0.4, 0.5) is 11.5 Å². The monoisotopic (exact) mass is 443 g/mol. The summed E-state index contributed by atoms with van der Waals surface area (Å²) in [6, 6.07) is 0. The molecule has 13 heteroatoms. The molecule has 1 N–H and O–H groups in total. The van der Waals surface area contributed by atoms with Crippen molar-refractivity contribution >= 4 is 33.3 Å². The third-order valence-corrected chi connectivity index (χ3v) is 5.12. The molecule has 1 amide bonds. The first-order chi connectivity index (χ1) is 12.6. The van der Waals surface area contributed by atoms with Crippen LogP contribution in [0.1, 0.15) is 23.5 Å². The smallest absolute Gasteiger partial charge is 0.358 e. The molecular weight excluding hydrogens is 426 g/mol. The first-order valence-electron chi connectivity index (χ1n) is 7.95. The minimum absolute atomic E-state index is 0.0469. The average molecular weight is 444 g/mol. The number of carbonyl (C=O) groups excluding carboxylic acids is 1. The fraction of sp³-hybridized carbons (Fsp3) is 0.500. The van der Waals surface area contributed by atoms with Gasteiger partial charge in [-0.15, -0.1) is 0 Å². The zero-order chi connectivity index (χ0) is 20.3. The first kappa shape index (κ1) is 20.5. The molecule has 2 aromatic heterocycles. The number of rotatable bonds is 8. The summed E-state index contributed by atoms with van der Waals surface area (Å²) in [4.78, 5) is 32.1. The predicted molar refractivity (Wildman–Crippen MR) is 97.3 cm³/mol. The van der Waals surface area contributed by atoms with Crippen molar-refractivity contribution in [1.29, 1.82) is 0 Å². The number of aromatic nitrogens is 4. The molecule has 0 unspecified atom stereocenters. The van der Waals surface area contributed by atoms with E-state index in [-0.39, 0.29) is 12.2 Å². The lowest BCUT2D eigenvalue weighted by atomic mass is 10.3. The van der Waals surface area contributed by atoms with Gasteiger partial charge in [0.15, 0.2) is 0 Å². The summed E-state index contributed by atoms with van der Waals surface area (Å²) in [5, 5.41) is 32.5. The number of amides is 1. The van der Waals surface area contributed by atoms with Gasteiger partial charge in [0.2, 0.25) is 5.91 Å². The Bertz CT molecular complexity index is 904.